The molecule has 0 spiro atoms. The average Bonchev–Trinajstić information content (AvgIpc) is 2.73. The Labute approximate surface area is 86.3 Å². The van der Waals surface area contributed by atoms with E-state index in [0.717, 1.165) is 25.5 Å². The molecule has 2 atom stereocenters. The van der Waals surface area contributed by atoms with Crippen LogP contribution in [0.25, 0.3) is 0 Å². The first-order valence-corrected chi connectivity index (χ1v) is 6.83. The van der Waals surface area contributed by atoms with Crippen molar-refractivity contribution in [3.8, 4) is 0 Å². The van der Waals surface area contributed by atoms with Crippen LogP contribution in [-0.2, 0) is 14.3 Å². The first kappa shape index (κ1) is 11.7. The number of hydrogen-bond acceptors (Lipinski definition) is 3. The third kappa shape index (κ3) is 2.82. The molecule has 1 saturated carbocycles. The van der Waals surface area contributed by atoms with Crippen molar-refractivity contribution in [1.29, 1.82) is 0 Å². The molecule has 0 unspecified atom stereocenters. The van der Waals surface area contributed by atoms with Crippen LogP contribution in [0, 0.1) is 5.92 Å². The van der Waals surface area contributed by atoms with Crippen molar-refractivity contribution in [3.05, 3.63) is 12.2 Å². The molecule has 0 N–H and O–H groups in total. The van der Waals surface area contributed by atoms with E-state index in [9.17, 15) is 8.42 Å². The van der Waals surface area contributed by atoms with E-state index in [1.807, 2.05) is 19.1 Å². The Morgan fingerprint density at radius 3 is 2.50 bits per heavy atom. The topological polar surface area (TPSA) is 43.4 Å². The summed E-state index contributed by atoms with van der Waals surface area (Å²) >= 11 is 0. The van der Waals surface area contributed by atoms with E-state index in [0.29, 0.717) is 5.92 Å². The lowest BCUT2D eigenvalue weighted by Crippen LogP contribution is -2.19. The van der Waals surface area contributed by atoms with Gasteiger partial charge in [0, 0.05) is 0 Å². The van der Waals surface area contributed by atoms with Crippen LogP contribution >= 0.6 is 0 Å². The molecule has 0 bridgehead atoms. The van der Waals surface area contributed by atoms with Crippen LogP contribution in [-0.4, -0.2) is 20.3 Å². The zero-order valence-electron chi connectivity index (χ0n) is 8.99. The molecule has 0 aliphatic heterocycles. The maximum absolute atomic E-state index is 11.1. The smallest absolute Gasteiger partial charge is 0.259 e. The van der Waals surface area contributed by atoms with E-state index in [2.05, 4.69) is 6.92 Å². The molecule has 0 aromatic heterocycles. The standard InChI is InChI=1S/C10H18O3S/c1-4-6-7-10(8-9(10)5-2)13-14(3,11)12/h6-7,9H,4-5,8H2,1-3H3/b7-6+/t9-,10-/m0/s1. The highest BCUT2D eigenvalue weighted by Gasteiger charge is 2.54. The van der Waals surface area contributed by atoms with Crippen LogP contribution in [0.3, 0.4) is 0 Å². The van der Waals surface area contributed by atoms with Gasteiger partial charge in [-0.1, -0.05) is 32.4 Å². The van der Waals surface area contributed by atoms with Crippen molar-refractivity contribution >= 4 is 10.1 Å². The van der Waals surface area contributed by atoms with Crippen molar-refractivity contribution in [1.82, 2.24) is 0 Å². The Balaban J connectivity index is 2.72. The fraction of sp³-hybridized carbons (Fsp3) is 0.800. The predicted molar refractivity (Wildman–Crippen MR) is 56.5 cm³/mol. The first-order valence-electron chi connectivity index (χ1n) is 5.02. The molecule has 0 amide bonds. The van der Waals surface area contributed by atoms with Crippen LogP contribution in [0.4, 0.5) is 0 Å². The number of allylic oxidation sites excluding steroid dienone is 1. The van der Waals surface area contributed by atoms with Crippen molar-refractivity contribution in [2.75, 3.05) is 6.26 Å². The average molecular weight is 218 g/mol. The molecule has 14 heavy (non-hydrogen) atoms. The summed E-state index contributed by atoms with van der Waals surface area (Å²) in [4.78, 5) is 0. The second kappa shape index (κ2) is 4.03. The summed E-state index contributed by atoms with van der Waals surface area (Å²) in [6, 6.07) is 0. The fourth-order valence-corrected chi connectivity index (χ4v) is 2.57. The Kier molecular flexibility index (Phi) is 3.37. The Hall–Kier alpha value is -0.350. The fourth-order valence-electron chi connectivity index (χ4n) is 1.75. The summed E-state index contributed by atoms with van der Waals surface area (Å²) in [7, 11) is -3.34. The number of hydrogen-bond donors (Lipinski definition) is 0. The number of rotatable bonds is 5. The Morgan fingerprint density at radius 2 is 2.14 bits per heavy atom. The molecule has 1 aliphatic carbocycles. The van der Waals surface area contributed by atoms with Gasteiger partial charge in [-0.25, -0.2) is 0 Å². The highest BCUT2D eigenvalue weighted by Crippen LogP contribution is 2.51. The summed E-state index contributed by atoms with van der Waals surface area (Å²) in [5.41, 5.74) is -0.516. The van der Waals surface area contributed by atoms with Crippen LogP contribution in [0.1, 0.15) is 33.1 Å². The maximum Gasteiger partial charge on any atom is 0.265 e. The highest BCUT2D eigenvalue weighted by atomic mass is 32.2. The first-order chi connectivity index (χ1) is 6.43. The molecule has 0 radical (unpaired) electrons. The Bertz CT molecular complexity index is 318. The van der Waals surface area contributed by atoms with Crippen molar-refractivity contribution < 1.29 is 12.6 Å². The van der Waals surface area contributed by atoms with Crippen LogP contribution in [0.15, 0.2) is 12.2 Å². The lowest BCUT2D eigenvalue weighted by Gasteiger charge is -2.11. The van der Waals surface area contributed by atoms with E-state index in [4.69, 9.17) is 4.18 Å². The van der Waals surface area contributed by atoms with Crippen LogP contribution in [0.2, 0.25) is 0 Å². The van der Waals surface area contributed by atoms with Crippen molar-refractivity contribution in [3.63, 3.8) is 0 Å². The highest BCUT2D eigenvalue weighted by molar-refractivity contribution is 7.86. The van der Waals surface area contributed by atoms with Gasteiger partial charge >= 0.3 is 0 Å². The summed E-state index contributed by atoms with van der Waals surface area (Å²) in [6.07, 6.45) is 7.69. The second-order valence-electron chi connectivity index (χ2n) is 3.86. The minimum absolute atomic E-state index is 0.361. The second-order valence-corrected chi connectivity index (χ2v) is 5.44. The largest absolute Gasteiger partial charge is 0.265 e. The Morgan fingerprint density at radius 1 is 1.50 bits per heavy atom. The van der Waals surface area contributed by atoms with Crippen LogP contribution < -0.4 is 0 Å². The molecule has 3 nitrogen and oxygen atoms in total. The van der Waals surface area contributed by atoms with E-state index < -0.39 is 15.7 Å². The molecule has 0 aromatic carbocycles. The molecule has 82 valence electrons. The predicted octanol–water partition coefficient (Wildman–Crippen LogP) is 2.10. The van der Waals surface area contributed by atoms with E-state index in [1.54, 1.807) is 0 Å². The van der Waals surface area contributed by atoms with Gasteiger partial charge < -0.3 is 0 Å². The van der Waals surface area contributed by atoms with Gasteiger partial charge in [-0.05, 0) is 18.8 Å². The molecule has 1 fully saturated rings. The van der Waals surface area contributed by atoms with Gasteiger partial charge in [0.05, 0.1) is 6.26 Å². The van der Waals surface area contributed by atoms with Gasteiger partial charge in [-0.15, -0.1) is 0 Å². The molecular weight excluding hydrogens is 200 g/mol. The summed E-state index contributed by atoms with van der Waals surface area (Å²) in [5.74, 6) is 0.361. The van der Waals surface area contributed by atoms with E-state index >= 15 is 0 Å². The quantitative estimate of drug-likeness (QED) is 0.524. The van der Waals surface area contributed by atoms with Gasteiger partial charge in [0.2, 0.25) is 0 Å². The third-order valence-corrected chi connectivity index (χ3v) is 3.14. The van der Waals surface area contributed by atoms with Gasteiger partial charge in [-0.3, -0.25) is 4.18 Å². The minimum Gasteiger partial charge on any atom is -0.259 e. The molecule has 0 saturated heterocycles. The molecule has 1 rings (SSSR count). The van der Waals surface area contributed by atoms with Gasteiger partial charge in [-0.2, -0.15) is 8.42 Å². The van der Waals surface area contributed by atoms with Gasteiger partial charge in [0.25, 0.3) is 10.1 Å². The normalized spacial score (nSPS) is 32.4. The lowest BCUT2D eigenvalue weighted by molar-refractivity contribution is 0.218. The molecular formula is C10H18O3S. The van der Waals surface area contributed by atoms with E-state index in [1.165, 1.54) is 0 Å². The molecule has 4 heteroatoms. The molecule has 0 aromatic rings. The zero-order chi connectivity index (χ0) is 10.8. The van der Waals surface area contributed by atoms with Crippen molar-refractivity contribution in [2.45, 2.75) is 38.7 Å². The van der Waals surface area contributed by atoms with Gasteiger partial charge in [0.1, 0.15) is 5.60 Å². The lowest BCUT2D eigenvalue weighted by atomic mass is 10.2. The third-order valence-electron chi connectivity index (χ3n) is 2.53. The zero-order valence-corrected chi connectivity index (χ0v) is 9.80. The van der Waals surface area contributed by atoms with Crippen molar-refractivity contribution in [2.24, 2.45) is 5.92 Å². The summed E-state index contributed by atoms with van der Waals surface area (Å²) in [5, 5.41) is 0. The molecule has 1 aliphatic rings. The minimum atomic E-state index is -3.34. The SMILES string of the molecule is CC/C=C/[C@]1(OS(C)(=O)=O)C[C@@H]1CC. The van der Waals surface area contributed by atoms with Crippen LogP contribution in [0.5, 0.6) is 0 Å². The van der Waals surface area contributed by atoms with E-state index in [-0.39, 0.29) is 0 Å². The molecule has 0 heterocycles. The monoisotopic (exact) mass is 218 g/mol. The van der Waals surface area contributed by atoms with Gasteiger partial charge in [0.15, 0.2) is 0 Å². The summed E-state index contributed by atoms with van der Waals surface area (Å²) < 4.78 is 27.2. The summed E-state index contributed by atoms with van der Waals surface area (Å²) in [6.45, 7) is 4.08. The maximum atomic E-state index is 11.1.